The third-order valence-electron chi connectivity index (χ3n) is 3.00. The average Bonchev–Trinajstić information content (AvgIpc) is 2.53. The fourth-order valence-electron chi connectivity index (χ4n) is 2.17. The number of aryl methyl sites for hydroxylation is 1. The second kappa shape index (κ2) is 4.88. The molecular formula is C13H11F4NO2. The highest BCUT2D eigenvalue weighted by atomic mass is 19.4. The Morgan fingerprint density at radius 1 is 1.20 bits per heavy atom. The van der Waals surface area contributed by atoms with E-state index < -0.39 is 30.1 Å². The van der Waals surface area contributed by atoms with E-state index in [4.69, 9.17) is 0 Å². The van der Waals surface area contributed by atoms with Gasteiger partial charge in [-0.2, -0.15) is 13.2 Å². The van der Waals surface area contributed by atoms with E-state index in [1.807, 2.05) is 0 Å². The normalized spacial score (nSPS) is 14.9. The van der Waals surface area contributed by atoms with Crippen molar-refractivity contribution in [1.29, 1.82) is 0 Å². The maximum Gasteiger partial charge on any atom is 0.389 e. The van der Waals surface area contributed by atoms with Crippen molar-refractivity contribution >= 4 is 17.4 Å². The quantitative estimate of drug-likeness (QED) is 0.633. The smallest absolute Gasteiger partial charge is 0.302 e. The lowest BCUT2D eigenvalue weighted by molar-refractivity contribution is -0.135. The monoisotopic (exact) mass is 289 g/mol. The van der Waals surface area contributed by atoms with Crippen molar-refractivity contribution in [3.05, 3.63) is 29.1 Å². The minimum absolute atomic E-state index is 0.0838. The van der Waals surface area contributed by atoms with Crippen LogP contribution < -0.4 is 4.90 Å². The van der Waals surface area contributed by atoms with Gasteiger partial charge < -0.3 is 4.90 Å². The van der Waals surface area contributed by atoms with Crippen molar-refractivity contribution in [2.75, 3.05) is 11.4 Å². The zero-order valence-corrected chi connectivity index (χ0v) is 10.6. The number of alkyl halides is 3. The first-order valence-corrected chi connectivity index (χ1v) is 5.94. The van der Waals surface area contributed by atoms with Gasteiger partial charge in [0.15, 0.2) is 0 Å². The molecule has 7 heteroatoms. The van der Waals surface area contributed by atoms with Gasteiger partial charge in [-0.25, -0.2) is 4.39 Å². The molecule has 1 aromatic carbocycles. The molecule has 0 atom stereocenters. The lowest BCUT2D eigenvalue weighted by atomic mass is 10.1. The fourth-order valence-corrected chi connectivity index (χ4v) is 2.17. The molecular weight excluding hydrogens is 278 g/mol. The lowest BCUT2D eigenvalue weighted by Crippen LogP contribution is -2.31. The Morgan fingerprint density at radius 3 is 2.45 bits per heavy atom. The Kier molecular flexibility index (Phi) is 3.54. The standard InChI is InChI=1S/C13H11F4NO2/c1-7-5-8-10(9(14)6-7)18(12(20)11(8)19)4-2-3-13(15,16)17/h5-6H,2-4H2,1H3. The molecule has 0 fully saturated rings. The van der Waals surface area contributed by atoms with Crippen LogP contribution in [0.2, 0.25) is 0 Å². The van der Waals surface area contributed by atoms with Crippen LogP contribution in [0.3, 0.4) is 0 Å². The Balaban J connectivity index is 2.25. The van der Waals surface area contributed by atoms with E-state index in [1.165, 1.54) is 6.07 Å². The van der Waals surface area contributed by atoms with E-state index in [0.717, 1.165) is 11.0 Å². The molecule has 1 amide bonds. The summed E-state index contributed by atoms with van der Waals surface area (Å²) in [5.74, 6) is -2.63. The SMILES string of the molecule is Cc1cc(F)c2c(c1)C(=O)C(=O)N2CCCC(F)(F)F. The number of ketones is 1. The molecule has 0 spiro atoms. The highest BCUT2D eigenvalue weighted by Crippen LogP contribution is 2.33. The van der Waals surface area contributed by atoms with Gasteiger partial charge in [-0.15, -0.1) is 0 Å². The van der Waals surface area contributed by atoms with E-state index in [0.29, 0.717) is 5.56 Å². The molecule has 108 valence electrons. The van der Waals surface area contributed by atoms with Crippen molar-refractivity contribution < 1.29 is 27.2 Å². The maximum absolute atomic E-state index is 13.8. The number of nitrogens with zero attached hydrogens (tertiary/aromatic N) is 1. The highest BCUT2D eigenvalue weighted by molar-refractivity contribution is 6.52. The number of carbonyl (C=O) groups is 2. The number of Topliss-reactive ketones (excluding diaryl/α,β-unsaturated/α-hetero) is 1. The lowest BCUT2D eigenvalue weighted by Gasteiger charge is -2.17. The van der Waals surface area contributed by atoms with Gasteiger partial charge in [0.05, 0.1) is 11.3 Å². The summed E-state index contributed by atoms with van der Waals surface area (Å²) >= 11 is 0. The summed E-state index contributed by atoms with van der Waals surface area (Å²) in [6.07, 6.45) is -5.81. The van der Waals surface area contributed by atoms with Crippen LogP contribution in [0.4, 0.5) is 23.2 Å². The van der Waals surface area contributed by atoms with E-state index >= 15 is 0 Å². The summed E-state index contributed by atoms with van der Waals surface area (Å²) < 4.78 is 50.1. The summed E-state index contributed by atoms with van der Waals surface area (Å²) in [5.41, 5.74) is 0.173. The number of halogens is 4. The Bertz CT molecular complexity index is 580. The molecule has 0 radical (unpaired) electrons. The summed E-state index contributed by atoms with van der Waals surface area (Å²) in [4.78, 5) is 24.2. The van der Waals surface area contributed by atoms with E-state index in [2.05, 4.69) is 0 Å². The first-order valence-electron chi connectivity index (χ1n) is 5.94. The van der Waals surface area contributed by atoms with Crippen LogP contribution in [0.5, 0.6) is 0 Å². The summed E-state index contributed by atoms with van der Waals surface area (Å²) in [6.45, 7) is 1.23. The summed E-state index contributed by atoms with van der Waals surface area (Å²) in [5, 5.41) is 0. The van der Waals surface area contributed by atoms with Gasteiger partial charge in [-0.3, -0.25) is 9.59 Å². The molecule has 1 heterocycles. The number of rotatable bonds is 3. The number of anilines is 1. The van der Waals surface area contributed by atoms with E-state index in [9.17, 15) is 27.2 Å². The average molecular weight is 289 g/mol. The summed E-state index contributed by atoms with van der Waals surface area (Å²) in [6, 6.07) is 2.50. The van der Waals surface area contributed by atoms with E-state index in [1.54, 1.807) is 6.92 Å². The van der Waals surface area contributed by atoms with Crippen LogP contribution in [0.1, 0.15) is 28.8 Å². The van der Waals surface area contributed by atoms with Crippen LogP contribution in [-0.4, -0.2) is 24.4 Å². The molecule has 0 saturated carbocycles. The van der Waals surface area contributed by atoms with E-state index in [-0.39, 0.29) is 24.2 Å². The summed E-state index contributed by atoms with van der Waals surface area (Å²) in [7, 11) is 0. The number of hydrogen-bond donors (Lipinski definition) is 0. The molecule has 1 aliphatic heterocycles. The Hall–Kier alpha value is -1.92. The van der Waals surface area contributed by atoms with Crippen LogP contribution in [0.25, 0.3) is 0 Å². The van der Waals surface area contributed by atoms with Gasteiger partial charge >= 0.3 is 6.18 Å². The minimum Gasteiger partial charge on any atom is -0.302 e. The second-order valence-electron chi connectivity index (χ2n) is 4.65. The second-order valence-corrected chi connectivity index (χ2v) is 4.65. The molecule has 20 heavy (non-hydrogen) atoms. The maximum atomic E-state index is 13.8. The zero-order chi connectivity index (χ0) is 15.1. The third kappa shape index (κ3) is 2.66. The minimum atomic E-state index is -4.35. The third-order valence-corrected chi connectivity index (χ3v) is 3.00. The van der Waals surface area contributed by atoms with Gasteiger partial charge in [0.2, 0.25) is 0 Å². The zero-order valence-electron chi connectivity index (χ0n) is 10.6. The molecule has 0 unspecified atom stereocenters. The molecule has 0 aliphatic carbocycles. The molecule has 0 aromatic heterocycles. The van der Waals surface area contributed by atoms with Crippen LogP contribution in [0.15, 0.2) is 12.1 Å². The van der Waals surface area contributed by atoms with Crippen molar-refractivity contribution in [2.24, 2.45) is 0 Å². The molecule has 1 aliphatic rings. The molecule has 0 bridgehead atoms. The first-order chi connectivity index (χ1) is 9.20. The van der Waals surface area contributed by atoms with Crippen LogP contribution in [-0.2, 0) is 4.79 Å². The largest absolute Gasteiger partial charge is 0.389 e. The molecule has 3 nitrogen and oxygen atoms in total. The van der Waals surface area contributed by atoms with Gasteiger partial charge in [-0.1, -0.05) is 0 Å². The molecule has 2 rings (SSSR count). The predicted molar refractivity (Wildman–Crippen MR) is 63.1 cm³/mol. The molecule has 0 saturated heterocycles. The van der Waals surface area contributed by atoms with Crippen molar-refractivity contribution in [3.8, 4) is 0 Å². The number of amides is 1. The fraction of sp³-hybridized carbons (Fsp3) is 0.385. The number of benzene rings is 1. The molecule has 0 N–H and O–H groups in total. The Morgan fingerprint density at radius 2 is 1.85 bits per heavy atom. The first kappa shape index (κ1) is 14.5. The van der Waals surface area contributed by atoms with Gasteiger partial charge in [0.25, 0.3) is 11.7 Å². The van der Waals surface area contributed by atoms with Crippen molar-refractivity contribution in [2.45, 2.75) is 25.9 Å². The number of hydrogen-bond acceptors (Lipinski definition) is 2. The number of carbonyl (C=O) groups excluding carboxylic acids is 2. The van der Waals surface area contributed by atoms with Crippen molar-refractivity contribution in [1.82, 2.24) is 0 Å². The molecule has 1 aromatic rings. The van der Waals surface area contributed by atoms with Gasteiger partial charge in [0.1, 0.15) is 5.82 Å². The van der Waals surface area contributed by atoms with Crippen LogP contribution in [0, 0.1) is 12.7 Å². The van der Waals surface area contributed by atoms with Crippen molar-refractivity contribution in [3.63, 3.8) is 0 Å². The predicted octanol–water partition coefficient (Wildman–Crippen LogP) is 3.01. The van der Waals surface area contributed by atoms with Crippen LogP contribution >= 0.6 is 0 Å². The number of fused-ring (bicyclic) bond motifs is 1. The van der Waals surface area contributed by atoms with Gasteiger partial charge in [0, 0.05) is 13.0 Å². The topological polar surface area (TPSA) is 37.4 Å². The highest BCUT2D eigenvalue weighted by Gasteiger charge is 2.38. The van der Waals surface area contributed by atoms with Gasteiger partial charge in [-0.05, 0) is 31.0 Å². The Labute approximate surface area is 112 Å².